The summed E-state index contributed by atoms with van der Waals surface area (Å²) in [6, 6.07) is 3.53. The summed E-state index contributed by atoms with van der Waals surface area (Å²) < 4.78 is 6.02. The van der Waals surface area contributed by atoms with Crippen LogP contribution in [-0.4, -0.2) is 43.3 Å². The van der Waals surface area contributed by atoms with Gasteiger partial charge in [-0.2, -0.15) is 0 Å². The third-order valence-corrected chi connectivity index (χ3v) is 3.50. The van der Waals surface area contributed by atoms with E-state index >= 15 is 0 Å². The van der Waals surface area contributed by atoms with Crippen molar-refractivity contribution in [3.63, 3.8) is 0 Å². The molecule has 22 heavy (non-hydrogen) atoms. The van der Waals surface area contributed by atoms with Crippen LogP contribution in [-0.2, 0) is 9.53 Å². The van der Waals surface area contributed by atoms with E-state index in [0.29, 0.717) is 11.0 Å². The molecule has 2 aromatic rings. The molecule has 2 rings (SSSR count). The fraction of sp³-hybridized carbons (Fsp3) is 0.231. The van der Waals surface area contributed by atoms with Gasteiger partial charge >= 0.3 is 5.97 Å². The van der Waals surface area contributed by atoms with Crippen LogP contribution in [0.1, 0.15) is 6.92 Å². The molecule has 116 valence electrons. The van der Waals surface area contributed by atoms with E-state index in [9.17, 15) is 9.90 Å². The van der Waals surface area contributed by atoms with Crippen molar-refractivity contribution >= 4 is 17.7 Å². The number of nitrogens with two attached hydrogens (primary N) is 1. The highest BCUT2D eigenvalue weighted by Gasteiger charge is 2.12. The zero-order valence-corrected chi connectivity index (χ0v) is 12.7. The smallest absolute Gasteiger partial charge is 0.334 e. The molecule has 0 aromatic carbocycles. The van der Waals surface area contributed by atoms with Gasteiger partial charge in [0.05, 0.1) is 18.4 Å². The summed E-state index contributed by atoms with van der Waals surface area (Å²) in [5.41, 5.74) is 0.781. The van der Waals surface area contributed by atoms with E-state index in [-0.39, 0.29) is 18.1 Å². The maximum absolute atomic E-state index is 11.2. The first-order valence-electron chi connectivity index (χ1n) is 6.41. The highest BCUT2D eigenvalue weighted by Crippen LogP contribution is 2.21. The second-order valence-electron chi connectivity index (χ2n) is 4.09. The van der Waals surface area contributed by atoms with Gasteiger partial charge in [0.1, 0.15) is 5.76 Å². The lowest BCUT2D eigenvalue weighted by Crippen LogP contribution is -2.12. The van der Waals surface area contributed by atoms with E-state index in [4.69, 9.17) is 10.6 Å². The average Bonchev–Trinajstić information content (AvgIpc) is 2.87. The Balaban J connectivity index is 2.03. The monoisotopic (exact) mass is 321 g/mol. The van der Waals surface area contributed by atoms with E-state index in [2.05, 4.69) is 15.2 Å². The zero-order valence-electron chi connectivity index (χ0n) is 11.8. The van der Waals surface area contributed by atoms with Crippen molar-refractivity contribution in [2.45, 2.75) is 12.1 Å². The van der Waals surface area contributed by atoms with Crippen molar-refractivity contribution < 1.29 is 14.6 Å². The first kappa shape index (κ1) is 15.8. The van der Waals surface area contributed by atoms with E-state index in [1.165, 1.54) is 4.68 Å². The summed E-state index contributed by atoms with van der Waals surface area (Å²) >= 11 is 1.15. The number of nitrogen functional groups attached to an aromatic ring is 1. The van der Waals surface area contributed by atoms with Gasteiger partial charge in [0.15, 0.2) is 5.82 Å². The number of thioether (sulfide) groups is 1. The Labute approximate surface area is 131 Å². The molecular weight excluding hydrogens is 306 g/mol. The second kappa shape index (κ2) is 7.46. The minimum Gasteiger partial charge on any atom is -0.511 e. The maximum Gasteiger partial charge on any atom is 0.334 e. The van der Waals surface area contributed by atoms with Gasteiger partial charge < -0.3 is 15.7 Å². The van der Waals surface area contributed by atoms with Gasteiger partial charge in [-0.05, 0) is 19.1 Å². The predicted octanol–water partition coefficient (Wildman–Crippen LogP) is 1.15. The van der Waals surface area contributed by atoms with Crippen LogP contribution in [0.15, 0.2) is 41.5 Å². The third kappa shape index (κ3) is 3.98. The maximum atomic E-state index is 11.2. The quantitative estimate of drug-likeness (QED) is 0.267. The SMILES string of the molecule is CCOC(=O)/C=C(\O)CSc1nnc(-c2ccncc2)n1N. The lowest BCUT2D eigenvalue weighted by Gasteiger charge is -2.03. The highest BCUT2D eigenvalue weighted by atomic mass is 32.2. The van der Waals surface area contributed by atoms with Gasteiger partial charge in [-0.1, -0.05) is 11.8 Å². The molecule has 0 aliphatic heterocycles. The van der Waals surface area contributed by atoms with Crippen LogP contribution in [0, 0.1) is 0 Å². The molecule has 0 saturated heterocycles. The molecule has 3 N–H and O–H groups in total. The van der Waals surface area contributed by atoms with Gasteiger partial charge in [0.25, 0.3) is 0 Å². The second-order valence-corrected chi connectivity index (χ2v) is 5.03. The number of pyridine rings is 1. The Hall–Kier alpha value is -2.55. The molecule has 9 heteroatoms. The van der Waals surface area contributed by atoms with Crippen LogP contribution in [0.3, 0.4) is 0 Å². The molecule has 0 spiro atoms. The van der Waals surface area contributed by atoms with E-state index < -0.39 is 5.97 Å². The van der Waals surface area contributed by atoms with Crippen LogP contribution in [0.25, 0.3) is 11.4 Å². The molecule has 8 nitrogen and oxygen atoms in total. The Morgan fingerprint density at radius 2 is 2.18 bits per heavy atom. The average molecular weight is 321 g/mol. The third-order valence-electron chi connectivity index (χ3n) is 2.52. The van der Waals surface area contributed by atoms with Crippen LogP contribution in [0.5, 0.6) is 0 Å². The molecule has 0 bridgehead atoms. The lowest BCUT2D eigenvalue weighted by atomic mass is 10.2. The summed E-state index contributed by atoms with van der Waals surface area (Å²) in [6.07, 6.45) is 4.28. The summed E-state index contributed by atoms with van der Waals surface area (Å²) in [4.78, 5) is 15.1. The van der Waals surface area contributed by atoms with Crippen molar-refractivity contribution in [1.29, 1.82) is 0 Å². The fourth-order valence-electron chi connectivity index (χ4n) is 1.57. The molecule has 0 amide bonds. The predicted molar refractivity (Wildman–Crippen MR) is 81.5 cm³/mol. The topological polar surface area (TPSA) is 116 Å². The van der Waals surface area contributed by atoms with Gasteiger partial charge in [0, 0.05) is 18.0 Å². The molecule has 0 unspecified atom stereocenters. The molecule has 0 aliphatic rings. The minimum absolute atomic E-state index is 0.128. The van der Waals surface area contributed by atoms with Gasteiger partial charge in [-0.15, -0.1) is 10.2 Å². The van der Waals surface area contributed by atoms with Crippen molar-refractivity contribution in [2.75, 3.05) is 18.2 Å². The number of carbonyl (C=O) groups is 1. The molecule has 0 fully saturated rings. The van der Waals surface area contributed by atoms with Gasteiger partial charge in [0.2, 0.25) is 5.16 Å². The number of hydrogen-bond donors (Lipinski definition) is 2. The summed E-state index contributed by atoms with van der Waals surface area (Å²) in [5.74, 6) is 5.82. The molecule has 2 aromatic heterocycles. The number of aliphatic hydroxyl groups excluding tert-OH is 1. The molecule has 0 atom stereocenters. The highest BCUT2D eigenvalue weighted by molar-refractivity contribution is 7.99. The van der Waals surface area contributed by atoms with E-state index in [1.807, 2.05) is 0 Å². The largest absolute Gasteiger partial charge is 0.511 e. The number of hydrogen-bond acceptors (Lipinski definition) is 8. The van der Waals surface area contributed by atoms with Crippen molar-refractivity contribution in [1.82, 2.24) is 19.9 Å². The van der Waals surface area contributed by atoms with Gasteiger partial charge in [-0.25, -0.2) is 9.47 Å². The first-order chi connectivity index (χ1) is 10.6. The van der Waals surface area contributed by atoms with Crippen LogP contribution in [0.2, 0.25) is 0 Å². The Kier molecular flexibility index (Phi) is 5.37. The Morgan fingerprint density at radius 1 is 1.45 bits per heavy atom. The van der Waals surface area contributed by atoms with Crippen LogP contribution < -0.4 is 5.84 Å². The normalized spacial score (nSPS) is 11.4. The van der Waals surface area contributed by atoms with Crippen molar-refractivity contribution in [3.8, 4) is 11.4 Å². The molecular formula is C13H15N5O3S. The zero-order chi connectivity index (χ0) is 15.9. The summed E-state index contributed by atoms with van der Waals surface area (Å²) in [5, 5.41) is 18.0. The summed E-state index contributed by atoms with van der Waals surface area (Å²) in [6.45, 7) is 1.94. The molecule has 0 radical (unpaired) electrons. The lowest BCUT2D eigenvalue weighted by molar-refractivity contribution is -0.137. The number of esters is 1. The van der Waals surface area contributed by atoms with Crippen molar-refractivity contribution in [2.24, 2.45) is 0 Å². The number of carbonyl (C=O) groups excluding carboxylic acids is 1. The van der Waals surface area contributed by atoms with Gasteiger partial charge in [-0.3, -0.25) is 4.98 Å². The molecule has 2 heterocycles. The Bertz CT molecular complexity index is 672. The molecule has 0 aliphatic carbocycles. The standard InChI is InChI=1S/C13H15N5O3S/c1-2-21-11(20)7-10(19)8-22-13-17-16-12(18(13)14)9-3-5-15-6-4-9/h3-7,19H,2,8,14H2,1H3/b10-7-. The minimum atomic E-state index is -0.590. The Morgan fingerprint density at radius 3 is 2.86 bits per heavy atom. The van der Waals surface area contributed by atoms with E-state index in [1.54, 1.807) is 31.5 Å². The number of rotatable bonds is 6. The van der Waals surface area contributed by atoms with Crippen LogP contribution >= 0.6 is 11.8 Å². The first-order valence-corrected chi connectivity index (χ1v) is 7.40. The summed E-state index contributed by atoms with van der Waals surface area (Å²) in [7, 11) is 0. The number of aliphatic hydroxyl groups is 1. The van der Waals surface area contributed by atoms with Crippen LogP contribution in [0.4, 0.5) is 0 Å². The number of aromatic nitrogens is 4. The van der Waals surface area contributed by atoms with Crippen molar-refractivity contribution in [3.05, 3.63) is 36.4 Å². The molecule has 0 saturated carbocycles. The van der Waals surface area contributed by atoms with E-state index in [0.717, 1.165) is 23.4 Å². The number of ether oxygens (including phenoxy) is 1. The number of nitrogens with zero attached hydrogens (tertiary/aromatic N) is 4. The fourth-order valence-corrected chi connectivity index (χ4v) is 2.26.